The number of anilines is 1. The third kappa shape index (κ3) is 5.54. The molecular formula is C25H31FN4O4S. The van der Waals surface area contributed by atoms with Gasteiger partial charge in [0.05, 0.1) is 12.2 Å². The zero-order chi connectivity index (χ0) is 25.3. The van der Waals surface area contributed by atoms with Crippen LogP contribution in [0.5, 0.6) is 0 Å². The molecule has 0 radical (unpaired) electrons. The maximum Gasteiger partial charge on any atom is 0.251 e. The van der Waals surface area contributed by atoms with Gasteiger partial charge in [0.25, 0.3) is 5.91 Å². The Morgan fingerprint density at radius 1 is 1.23 bits per heavy atom. The SMILES string of the molecule is CC(C)C[C@H](NC(=O)c1ccc(-c2csc(NC(C)C)n2)cc1)C(=O)N1C[C@H](F)[C@H]2OCC(=O)[C@H]21. The van der Waals surface area contributed by atoms with Crippen LogP contribution in [0.15, 0.2) is 29.6 Å². The number of fused-ring (bicyclic) bond motifs is 1. The van der Waals surface area contributed by atoms with E-state index < -0.39 is 36.2 Å². The largest absolute Gasteiger partial charge is 0.365 e. The van der Waals surface area contributed by atoms with Crippen LogP contribution in [0.2, 0.25) is 0 Å². The molecule has 2 fully saturated rings. The molecule has 2 aromatic rings. The maximum atomic E-state index is 14.4. The van der Waals surface area contributed by atoms with Crippen molar-refractivity contribution in [2.24, 2.45) is 5.92 Å². The van der Waals surface area contributed by atoms with Crippen LogP contribution < -0.4 is 10.6 Å². The summed E-state index contributed by atoms with van der Waals surface area (Å²) in [6.45, 7) is 7.56. The quantitative estimate of drug-likeness (QED) is 0.575. The van der Waals surface area contributed by atoms with Crippen LogP contribution >= 0.6 is 11.3 Å². The second kappa shape index (κ2) is 10.4. The summed E-state index contributed by atoms with van der Waals surface area (Å²) < 4.78 is 19.6. The molecule has 0 aliphatic carbocycles. The summed E-state index contributed by atoms with van der Waals surface area (Å²) in [5.41, 5.74) is 2.08. The third-order valence-electron chi connectivity index (χ3n) is 6.08. The van der Waals surface area contributed by atoms with Crippen molar-refractivity contribution in [3.63, 3.8) is 0 Å². The van der Waals surface area contributed by atoms with Crippen molar-refractivity contribution in [1.29, 1.82) is 0 Å². The number of nitrogens with one attached hydrogen (secondary N) is 2. The molecule has 35 heavy (non-hydrogen) atoms. The summed E-state index contributed by atoms with van der Waals surface area (Å²) in [4.78, 5) is 44.4. The van der Waals surface area contributed by atoms with E-state index >= 15 is 0 Å². The molecule has 0 bridgehead atoms. The van der Waals surface area contributed by atoms with Crippen molar-refractivity contribution in [3.8, 4) is 11.3 Å². The number of likely N-dealkylation sites (tertiary alicyclic amines) is 1. The summed E-state index contributed by atoms with van der Waals surface area (Å²) in [7, 11) is 0. The van der Waals surface area contributed by atoms with E-state index in [0.717, 1.165) is 16.4 Å². The molecule has 2 saturated heterocycles. The zero-order valence-corrected chi connectivity index (χ0v) is 21.1. The molecule has 0 unspecified atom stereocenters. The Bertz CT molecular complexity index is 1090. The highest BCUT2D eigenvalue weighted by Gasteiger charge is 2.53. The predicted molar refractivity (Wildman–Crippen MR) is 132 cm³/mol. The first-order chi connectivity index (χ1) is 16.6. The first-order valence-corrected chi connectivity index (χ1v) is 12.7. The monoisotopic (exact) mass is 502 g/mol. The molecule has 10 heteroatoms. The Kier molecular flexibility index (Phi) is 7.51. The van der Waals surface area contributed by atoms with Crippen LogP contribution in [-0.4, -0.2) is 71.0 Å². The summed E-state index contributed by atoms with van der Waals surface area (Å²) in [6, 6.07) is 5.50. The van der Waals surface area contributed by atoms with Crippen molar-refractivity contribution in [3.05, 3.63) is 35.2 Å². The van der Waals surface area contributed by atoms with Gasteiger partial charge in [0.15, 0.2) is 10.9 Å². The Balaban J connectivity index is 1.46. The van der Waals surface area contributed by atoms with Crippen LogP contribution in [0.25, 0.3) is 11.3 Å². The smallest absolute Gasteiger partial charge is 0.251 e. The van der Waals surface area contributed by atoms with E-state index in [-0.39, 0.29) is 30.9 Å². The van der Waals surface area contributed by atoms with Crippen molar-refractivity contribution in [2.45, 2.75) is 64.5 Å². The maximum absolute atomic E-state index is 14.4. The number of Topliss-reactive ketones (excluding diaryl/α,β-unsaturated/α-hetero) is 1. The van der Waals surface area contributed by atoms with Crippen molar-refractivity contribution in [2.75, 3.05) is 18.5 Å². The van der Waals surface area contributed by atoms with E-state index in [1.165, 1.54) is 16.2 Å². The summed E-state index contributed by atoms with van der Waals surface area (Å²) >= 11 is 1.52. The summed E-state index contributed by atoms with van der Waals surface area (Å²) in [5, 5.41) is 8.86. The van der Waals surface area contributed by atoms with E-state index in [9.17, 15) is 18.8 Å². The highest BCUT2D eigenvalue weighted by molar-refractivity contribution is 7.14. The molecule has 2 amide bonds. The minimum absolute atomic E-state index is 0.0973. The van der Waals surface area contributed by atoms with Crippen LogP contribution in [0, 0.1) is 5.92 Å². The standard InChI is InChI=1S/C25H31FN4O4S/c1-13(2)9-18(24(33)30-10-17(26)22-21(30)20(31)11-34-22)28-23(32)16-7-5-15(6-8-16)19-12-35-25(29-19)27-14(3)4/h5-8,12-14,17-18,21-22H,9-11H2,1-4H3,(H,27,29)(H,28,32)/t17-,18-,21+,22+/m0/s1. The highest BCUT2D eigenvalue weighted by atomic mass is 32.1. The van der Waals surface area contributed by atoms with Gasteiger partial charge in [0.2, 0.25) is 5.91 Å². The second-order valence-electron chi connectivity index (χ2n) is 9.76. The Labute approximate surface area is 208 Å². The van der Waals surface area contributed by atoms with Crippen molar-refractivity contribution < 1.29 is 23.5 Å². The first kappa shape index (κ1) is 25.2. The molecule has 188 valence electrons. The number of ketones is 1. The van der Waals surface area contributed by atoms with Gasteiger partial charge in [-0.1, -0.05) is 26.0 Å². The number of carbonyl (C=O) groups excluding carboxylic acids is 3. The van der Waals surface area contributed by atoms with E-state index in [1.807, 2.05) is 45.2 Å². The number of alkyl halides is 1. The second-order valence-corrected chi connectivity index (χ2v) is 10.6. The summed E-state index contributed by atoms with van der Waals surface area (Å²) in [5.74, 6) is -1.06. The third-order valence-corrected chi connectivity index (χ3v) is 6.85. The van der Waals surface area contributed by atoms with Gasteiger partial charge >= 0.3 is 0 Å². The Morgan fingerprint density at radius 3 is 2.60 bits per heavy atom. The van der Waals surface area contributed by atoms with Crippen LogP contribution in [-0.2, 0) is 14.3 Å². The number of nitrogens with zero attached hydrogens (tertiary/aromatic N) is 2. The molecule has 4 rings (SSSR count). The number of benzene rings is 1. The molecule has 1 aromatic carbocycles. The molecular weight excluding hydrogens is 471 g/mol. The molecule has 3 heterocycles. The lowest BCUT2D eigenvalue weighted by molar-refractivity contribution is -0.138. The molecule has 4 atom stereocenters. The number of aromatic nitrogens is 1. The number of amides is 2. The minimum Gasteiger partial charge on any atom is -0.365 e. The van der Waals surface area contributed by atoms with Gasteiger partial charge in [-0.3, -0.25) is 14.4 Å². The molecule has 2 aliphatic heterocycles. The number of hydrogen-bond acceptors (Lipinski definition) is 7. The van der Waals surface area contributed by atoms with Crippen molar-refractivity contribution in [1.82, 2.24) is 15.2 Å². The Hall–Kier alpha value is -2.85. The van der Waals surface area contributed by atoms with E-state index in [0.29, 0.717) is 12.0 Å². The molecule has 0 saturated carbocycles. The fourth-order valence-corrected chi connectivity index (χ4v) is 5.34. The number of thiazole rings is 1. The fraction of sp³-hybridized carbons (Fsp3) is 0.520. The average molecular weight is 503 g/mol. The van der Waals surface area contributed by atoms with Gasteiger partial charge in [0, 0.05) is 22.5 Å². The number of hydrogen-bond donors (Lipinski definition) is 2. The van der Waals surface area contributed by atoms with E-state index in [2.05, 4.69) is 15.6 Å². The number of rotatable bonds is 8. The summed E-state index contributed by atoms with van der Waals surface area (Å²) in [6.07, 6.45) is -1.97. The molecule has 2 N–H and O–H groups in total. The van der Waals surface area contributed by atoms with Crippen LogP contribution in [0.4, 0.5) is 9.52 Å². The predicted octanol–water partition coefficient (Wildman–Crippen LogP) is 3.29. The van der Waals surface area contributed by atoms with Gasteiger partial charge in [-0.25, -0.2) is 9.37 Å². The Morgan fingerprint density at radius 2 is 1.94 bits per heavy atom. The van der Waals surface area contributed by atoms with E-state index in [4.69, 9.17) is 4.74 Å². The van der Waals surface area contributed by atoms with Gasteiger partial charge < -0.3 is 20.3 Å². The number of halogens is 1. The average Bonchev–Trinajstić information content (AvgIpc) is 3.50. The normalized spacial score (nSPS) is 22.5. The lowest BCUT2D eigenvalue weighted by atomic mass is 10.0. The van der Waals surface area contributed by atoms with Gasteiger partial charge in [-0.15, -0.1) is 11.3 Å². The van der Waals surface area contributed by atoms with Crippen molar-refractivity contribution >= 4 is 34.1 Å². The minimum atomic E-state index is -1.42. The molecule has 1 aromatic heterocycles. The molecule has 2 aliphatic rings. The molecule has 8 nitrogen and oxygen atoms in total. The first-order valence-electron chi connectivity index (χ1n) is 11.9. The van der Waals surface area contributed by atoms with Gasteiger partial charge in [0.1, 0.15) is 31.0 Å². The molecule has 0 spiro atoms. The van der Waals surface area contributed by atoms with Gasteiger partial charge in [-0.2, -0.15) is 0 Å². The lowest BCUT2D eigenvalue weighted by Gasteiger charge is -2.28. The zero-order valence-electron chi connectivity index (χ0n) is 20.3. The van der Waals surface area contributed by atoms with Crippen LogP contribution in [0.1, 0.15) is 44.5 Å². The highest BCUT2D eigenvalue weighted by Crippen LogP contribution is 2.30. The lowest BCUT2D eigenvalue weighted by Crippen LogP contribution is -2.52. The number of ether oxygens (including phenoxy) is 1. The van der Waals surface area contributed by atoms with Crippen LogP contribution in [0.3, 0.4) is 0 Å². The topological polar surface area (TPSA) is 101 Å². The fourth-order valence-electron chi connectivity index (χ4n) is 4.47. The van der Waals surface area contributed by atoms with Gasteiger partial charge in [-0.05, 0) is 38.3 Å². The number of carbonyl (C=O) groups is 3. The van der Waals surface area contributed by atoms with E-state index in [1.54, 1.807) is 12.1 Å².